The van der Waals surface area contributed by atoms with Crippen molar-refractivity contribution in [2.24, 2.45) is 4.99 Å². The first-order valence-electron chi connectivity index (χ1n) is 7.84. The number of carboxylic acid groups (broad SMARTS) is 1. The standard InChI is InChI=1S/C19H14N2O3S/c22-18(23)9-10-21-15-7-3-4-8-16(15)25-17(21)11-14-12-5-1-2-6-13(12)19(24)20-14/h1-8,11H,9-10H2,(H,22,23). The smallest absolute Gasteiger partial charge is 0.305 e. The topological polar surface area (TPSA) is 70.0 Å². The summed E-state index contributed by atoms with van der Waals surface area (Å²) in [6.45, 7) is 0.369. The van der Waals surface area contributed by atoms with E-state index >= 15 is 0 Å². The number of carboxylic acids is 1. The largest absolute Gasteiger partial charge is 0.481 e. The molecule has 6 heteroatoms. The van der Waals surface area contributed by atoms with Crippen LogP contribution in [0.3, 0.4) is 0 Å². The molecule has 124 valence electrons. The zero-order chi connectivity index (χ0) is 17.4. The van der Waals surface area contributed by atoms with Gasteiger partial charge in [-0.3, -0.25) is 9.59 Å². The Balaban J connectivity index is 1.72. The van der Waals surface area contributed by atoms with Gasteiger partial charge >= 0.3 is 5.97 Å². The number of carbonyl (C=O) groups is 2. The highest BCUT2D eigenvalue weighted by molar-refractivity contribution is 8.03. The second-order valence-electron chi connectivity index (χ2n) is 5.70. The van der Waals surface area contributed by atoms with Crippen molar-refractivity contribution in [3.8, 4) is 0 Å². The number of amides is 1. The Bertz CT molecular complexity index is 949. The molecule has 0 spiro atoms. The molecule has 0 unspecified atom stereocenters. The normalized spacial score (nSPS) is 16.8. The molecule has 1 amide bonds. The quantitative estimate of drug-likeness (QED) is 0.913. The van der Waals surface area contributed by atoms with Crippen molar-refractivity contribution < 1.29 is 14.7 Å². The number of hydrogen-bond donors (Lipinski definition) is 1. The van der Waals surface area contributed by atoms with Crippen LogP contribution < -0.4 is 4.90 Å². The van der Waals surface area contributed by atoms with Crippen LogP contribution in [0.2, 0.25) is 0 Å². The van der Waals surface area contributed by atoms with E-state index in [1.54, 1.807) is 17.8 Å². The van der Waals surface area contributed by atoms with Crippen LogP contribution in [0.15, 0.2) is 69.5 Å². The maximum absolute atomic E-state index is 12.0. The highest BCUT2D eigenvalue weighted by Crippen LogP contribution is 2.46. The third-order valence-corrected chi connectivity index (χ3v) is 5.21. The van der Waals surface area contributed by atoms with Crippen LogP contribution in [0.25, 0.3) is 0 Å². The number of carbonyl (C=O) groups excluding carboxylic acids is 1. The predicted molar refractivity (Wildman–Crippen MR) is 97.3 cm³/mol. The van der Waals surface area contributed by atoms with E-state index < -0.39 is 5.97 Å². The van der Waals surface area contributed by atoms with E-state index in [-0.39, 0.29) is 12.3 Å². The predicted octanol–water partition coefficient (Wildman–Crippen LogP) is 3.56. The molecule has 4 rings (SSSR count). The zero-order valence-corrected chi connectivity index (χ0v) is 14.0. The lowest BCUT2D eigenvalue weighted by molar-refractivity contribution is -0.136. The van der Waals surface area contributed by atoms with E-state index in [4.69, 9.17) is 5.11 Å². The summed E-state index contributed by atoms with van der Waals surface area (Å²) in [6.07, 6.45) is 1.91. The molecule has 0 fully saturated rings. The molecule has 2 heterocycles. The van der Waals surface area contributed by atoms with Gasteiger partial charge in [0.1, 0.15) is 0 Å². The van der Waals surface area contributed by atoms with Gasteiger partial charge in [0.2, 0.25) is 0 Å². The summed E-state index contributed by atoms with van der Waals surface area (Å²) >= 11 is 1.56. The van der Waals surface area contributed by atoms with Gasteiger partial charge in [0.15, 0.2) is 0 Å². The summed E-state index contributed by atoms with van der Waals surface area (Å²) in [5.41, 5.74) is 3.02. The van der Waals surface area contributed by atoms with E-state index in [1.165, 1.54) is 0 Å². The lowest BCUT2D eigenvalue weighted by Gasteiger charge is -2.19. The number of anilines is 1. The average molecular weight is 350 g/mol. The van der Waals surface area contributed by atoms with Crippen LogP contribution >= 0.6 is 11.8 Å². The van der Waals surface area contributed by atoms with Crippen molar-refractivity contribution in [3.63, 3.8) is 0 Å². The lowest BCUT2D eigenvalue weighted by Crippen LogP contribution is -2.22. The van der Waals surface area contributed by atoms with Crippen LogP contribution in [-0.2, 0) is 4.79 Å². The molecular weight excluding hydrogens is 336 g/mol. The Morgan fingerprint density at radius 2 is 1.84 bits per heavy atom. The molecule has 2 aromatic rings. The van der Waals surface area contributed by atoms with Crippen LogP contribution in [0.4, 0.5) is 5.69 Å². The fourth-order valence-corrected chi connectivity index (χ4v) is 4.07. The monoisotopic (exact) mass is 350 g/mol. The number of benzene rings is 2. The zero-order valence-electron chi connectivity index (χ0n) is 13.2. The number of rotatable bonds is 4. The molecule has 2 aliphatic rings. The molecule has 0 aliphatic carbocycles. The number of fused-ring (bicyclic) bond motifs is 2. The van der Waals surface area contributed by atoms with Gasteiger partial charge in [-0.05, 0) is 24.3 Å². The first-order chi connectivity index (χ1) is 12.1. The number of thioether (sulfide) groups is 1. The highest BCUT2D eigenvalue weighted by atomic mass is 32.2. The van der Waals surface area contributed by atoms with E-state index in [0.717, 1.165) is 21.2 Å². The lowest BCUT2D eigenvalue weighted by atomic mass is 10.1. The maximum atomic E-state index is 12.0. The molecule has 0 atom stereocenters. The van der Waals surface area contributed by atoms with Gasteiger partial charge in [0.05, 0.1) is 28.4 Å². The SMILES string of the molecule is O=C(O)CCN1C(=CC2=NC(=O)c3ccccc32)Sc2ccccc21. The Kier molecular flexibility index (Phi) is 3.89. The number of hydrogen-bond acceptors (Lipinski definition) is 4. The number of allylic oxidation sites excluding steroid dienone is 1. The van der Waals surface area contributed by atoms with Gasteiger partial charge in [-0.1, -0.05) is 42.1 Å². The van der Waals surface area contributed by atoms with Gasteiger partial charge in [0.25, 0.3) is 5.91 Å². The Morgan fingerprint density at radius 1 is 1.12 bits per heavy atom. The van der Waals surface area contributed by atoms with E-state index in [2.05, 4.69) is 4.99 Å². The Labute approximate surface area is 148 Å². The minimum absolute atomic E-state index is 0.0359. The molecule has 0 bridgehead atoms. The summed E-state index contributed by atoms with van der Waals surface area (Å²) in [7, 11) is 0. The molecule has 1 N–H and O–H groups in total. The molecule has 2 aliphatic heterocycles. The second kappa shape index (κ2) is 6.22. The van der Waals surface area contributed by atoms with Crippen LogP contribution in [0.5, 0.6) is 0 Å². The highest BCUT2D eigenvalue weighted by Gasteiger charge is 2.28. The van der Waals surface area contributed by atoms with Crippen molar-refractivity contribution in [1.82, 2.24) is 0 Å². The first-order valence-corrected chi connectivity index (χ1v) is 8.65. The van der Waals surface area contributed by atoms with Crippen LogP contribution in [0, 0.1) is 0 Å². The number of aliphatic imine (C=N–C) groups is 1. The Hall–Kier alpha value is -2.86. The van der Waals surface area contributed by atoms with Gasteiger partial charge in [-0.2, -0.15) is 0 Å². The molecule has 0 radical (unpaired) electrons. The molecule has 0 aromatic heterocycles. The van der Waals surface area contributed by atoms with Gasteiger partial charge in [-0.15, -0.1) is 0 Å². The second-order valence-corrected chi connectivity index (χ2v) is 6.76. The van der Waals surface area contributed by atoms with Gasteiger partial charge in [-0.25, -0.2) is 4.99 Å². The average Bonchev–Trinajstić information content (AvgIpc) is 3.11. The maximum Gasteiger partial charge on any atom is 0.305 e. The number of para-hydroxylation sites is 1. The van der Waals surface area contributed by atoms with E-state index in [9.17, 15) is 9.59 Å². The summed E-state index contributed by atoms with van der Waals surface area (Å²) in [5.74, 6) is -1.08. The summed E-state index contributed by atoms with van der Waals surface area (Å²) < 4.78 is 0. The third-order valence-electron chi connectivity index (χ3n) is 4.10. The van der Waals surface area contributed by atoms with E-state index in [0.29, 0.717) is 17.8 Å². The minimum atomic E-state index is -0.840. The van der Waals surface area contributed by atoms with Gasteiger partial charge in [0, 0.05) is 17.0 Å². The fourth-order valence-electron chi connectivity index (χ4n) is 2.95. The van der Waals surface area contributed by atoms with Crippen molar-refractivity contribution in [2.45, 2.75) is 11.3 Å². The molecule has 5 nitrogen and oxygen atoms in total. The molecule has 2 aromatic carbocycles. The first kappa shape index (κ1) is 15.7. The van der Waals surface area contributed by atoms with Gasteiger partial charge < -0.3 is 10.0 Å². The number of aliphatic carboxylic acids is 1. The van der Waals surface area contributed by atoms with Crippen molar-refractivity contribution in [2.75, 3.05) is 11.4 Å². The van der Waals surface area contributed by atoms with Crippen LogP contribution in [-0.4, -0.2) is 29.2 Å². The van der Waals surface area contributed by atoms with Crippen LogP contribution in [0.1, 0.15) is 22.3 Å². The molecule has 25 heavy (non-hydrogen) atoms. The Morgan fingerprint density at radius 3 is 2.64 bits per heavy atom. The summed E-state index contributed by atoms with van der Waals surface area (Å²) in [5, 5.41) is 9.92. The molecular formula is C19H14N2O3S. The number of nitrogens with zero attached hydrogens (tertiary/aromatic N) is 2. The summed E-state index contributed by atoms with van der Waals surface area (Å²) in [4.78, 5) is 30.3. The summed E-state index contributed by atoms with van der Waals surface area (Å²) in [6, 6.07) is 15.2. The van der Waals surface area contributed by atoms with Crippen molar-refractivity contribution >= 4 is 35.0 Å². The van der Waals surface area contributed by atoms with E-state index in [1.807, 2.05) is 53.4 Å². The minimum Gasteiger partial charge on any atom is -0.481 e. The third kappa shape index (κ3) is 2.85. The van der Waals surface area contributed by atoms with Crippen molar-refractivity contribution in [3.05, 3.63) is 70.8 Å². The molecule has 0 saturated carbocycles. The van der Waals surface area contributed by atoms with Crippen molar-refractivity contribution in [1.29, 1.82) is 0 Å². The molecule has 0 saturated heterocycles. The fraction of sp³-hybridized carbons (Fsp3) is 0.105.